The summed E-state index contributed by atoms with van der Waals surface area (Å²) in [4.78, 5) is 0. The third-order valence-corrected chi connectivity index (χ3v) is 3.14. The molecular formula is C22H34O. The monoisotopic (exact) mass is 314 g/mol. The van der Waals surface area contributed by atoms with Crippen LogP contribution in [-0.2, 0) is 4.74 Å². The highest BCUT2D eigenvalue weighted by molar-refractivity contribution is 5.25. The Morgan fingerprint density at radius 3 is 1.52 bits per heavy atom. The lowest BCUT2D eigenvalue weighted by molar-refractivity contribution is 0.336. The van der Waals surface area contributed by atoms with Gasteiger partial charge in [0.15, 0.2) is 0 Å². The second kappa shape index (κ2) is 16.6. The molecule has 0 N–H and O–H groups in total. The Kier molecular flexibility index (Phi) is 15.3. The van der Waals surface area contributed by atoms with Gasteiger partial charge in [-0.2, -0.15) is 0 Å². The molecule has 0 saturated carbocycles. The molecule has 1 nitrogen and oxygen atoms in total. The molecule has 0 heterocycles. The normalized spacial score (nSPS) is 14.1. The van der Waals surface area contributed by atoms with Gasteiger partial charge >= 0.3 is 0 Å². The predicted molar refractivity (Wildman–Crippen MR) is 104 cm³/mol. The Bertz CT molecular complexity index is 403. The standard InChI is InChI=1S/C22H34O/c1-5-9-11-13-15-19-21(17-7-3)23-22(18-8-4)20-16-14-12-10-6-2/h7-8,13-20H,5-6,9-12H2,1-4H3/b15-13+,16-14+,17-7-,18-8-,21-19+,22-20+. The van der Waals surface area contributed by atoms with Crippen molar-refractivity contribution in [2.24, 2.45) is 0 Å². The molecule has 1 heteroatoms. The van der Waals surface area contributed by atoms with Crippen molar-refractivity contribution in [3.8, 4) is 0 Å². The third kappa shape index (κ3) is 13.6. The maximum absolute atomic E-state index is 5.99. The molecule has 0 aromatic carbocycles. The van der Waals surface area contributed by atoms with Crippen LogP contribution in [0.25, 0.3) is 0 Å². The van der Waals surface area contributed by atoms with Crippen molar-refractivity contribution in [3.05, 3.63) is 72.3 Å². The molecular weight excluding hydrogens is 280 g/mol. The van der Waals surface area contributed by atoms with Gasteiger partial charge in [0.05, 0.1) is 0 Å². The maximum Gasteiger partial charge on any atom is 0.127 e. The lowest BCUT2D eigenvalue weighted by atomic mass is 10.2. The van der Waals surface area contributed by atoms with Crippen LogP contribution < -0.4 is 0 Å². The molecule has 0 atom stereocenters. The predicted octanol–water partition coefficient (Wildman–Crippen LogP) is 7.42. The highest BCUT2D eigenvalue weighted by Gasteiger charge is 1.95. The van der Waals surface area contributed by atoms with Crippen LogP contribution >= 0.6 is 0 Å². The second-order valence-corrected chi connectivity index (χ2v) is 5.38. The second-order valence-electron chi connectivity index (χ2n) is 5.38. The van der Waals surface area contributed by atoms with E-state index in [1.807, 2.05) is 50.3 Å². The van der Waals surface area contributed by atoms with E-state index in [1.54, 1.807) is 0 Å². The Balaban J connectivity index is 4.81. The largest absolute Gasteiger partial charge is 0.457 e. The highest BCUT2D eigenvalue weighted by Crippen LogP contribution is 2.11. The first kappa shape index (κ1) is 21.2. The summed E-state index contributed by atoms with van der Waals surface area (Å²) in [5, 5.41) is 0. The Morgan fingerprint density at radius 2 is 1.17 bits per heavy atom. The number of hydrogen-bond donors (Lipinski definition) is 0. The van der Waals surface area contributed by atoms with Gasteiger partial charge in [-0.1, -0.05) is 76.0 Å². The molecule has 0 aliphatic rings. The summed E-state index contributed by atoms with van der Waals surface area (Å²) in [6, 6.07) is 0. The number of allylic oxidation sites excluding steroid dienone is 10. The molecule has 128 valence electrons. The van der Waals surface area contributed by atoms with Crippen molar-refractivity contribution in [2.45, 2.75) is 66.2 Å². The van der Waals surface area contributed by atoms with Gasteiger partial charge in [0, 0.05) is 0 Å². The first-order valence-corrected chi connectivity index (χ1v) is 8.95. The van der Waals surface area contributed by atoms with Crippen LogP contribution in [0.5, 0.6) is 0 Å². The third-order valence-electron chi connectivity index (χ3n) is 3.14. The molecule has 0 rings (SSSR count). The molecule has 0 aliphatic carbocycles. The van der Waals surface area contributed by atoms with Crippen molar-refractivity contribution in [2.75, 3.05) is 0 Å². The fourth-order valence-electron chi connectivity index (χ4n) is 1.87. The zero-order valence-corrected chi connectivity index (χ0v) is 15.4. The van der Waals surface area contributed by atoms with Gasteiger partial charge in [-0.05, 0) is 51.0 Å². The van der Waals surface area contributed by atoms with Crippen molar-refractivity contribution >= 4 is 0 Å². The summed E-state index contributed by atoms with van der Waals surface area (Å²) in [6.07, 6.45) is 27.7. The fourth-order valence-corrected chi connectivity index (χ4v) is 1.87. The summed E-state index contributed by atoms with van der Waals surface area (Å²) < 4.78 is 5.99. The SMILES string of the molecule is C\C=C/C(=C\C=C\CCCC)OC(/C=C\C)=C/C=C/CCCC. The molecule has 0 unspecified atom stereocenters. The van der Waals surface area contributed by atoms with Crippen LogP contribution in [0.4, 0.5) is 0 Å². The topological polar surface area (TPSA) is 9.23 Å². The number of ether oxygens (including phenoxy) is 1. The molecule has 0 saturated heterocycles. The van der Waals surface area contributed by atoms with Crippen LogP contribution in [0.1, 0.15) is 66.2 Å². The number of rotatable bonds is 12. The van der Waals surface area contributed by atoms with Crippen LogP contribution in [-0.4, -0.2) is 0 Å². The average Bonchev–Trinajstić information content (AvgIpc) is 2.54. The lowest BCUT2D eigenvalue weighted by Gasteiger charge is -2.06. The highest BCUT2D eigenvalue weighted by atomic mass is 16.5. The quantitative estimate of drug-likeness (QED) is 0.207. The molecule has 23 heavy (non-hydrogen) atoms. The molecule has 0 fully saturated rings. The molecule has 0 bridgehead atoms. The van der Waals surface area contributed by atoms with Gasteiger partial charge < -0.3 is 4.74 Å². The van der Waals surface area contributed by atoms with Crippen molar-refractivity contribution in [1.82, 2.24) is 0 Å². The van der Waals surface area contributed by atoms with E-state index in [4.69, 9.17) is 4.74 Å². The van der Waals surface area contributed by atoms with Crippen LogP contribution in [0.15, 0.2) is 72.3 Å². The van der Waals surface area contributed by atoms with Crippen LogP contribution in [0.3, 0.4) is 0 Å². The van der Waals surface area contributed by atoms with E-state index in [0.29, 0.717) is 0 Å². The van der Waals surface area contributed by atoms with Gasteiger partial charge in [-0.3, -0.25) is 0 Å². The zero-order chi connectivity index (χ0) is 17.2. The molecule has 0 aromatic heterocycles. The smallest absolute Gasteiger partial charge is 0.127 e. The summed E-state index contributed by atoms with van der Waals surface area (Å²) >= 11 is 0. The van der Waals surface area contributed by atoms with E-state index in [-0.39, 0.29) is 0 Å². The molecule has 0 spiro atoms. The summed E-state index contributed by atoms with van der Waals surface area (Å²) in [5.74, 6) is 1.71. The minimum absolute atomic E-state index is 0.853. The van der Waals surface area contributed by atoms with E-state index in [9.17, 15) is 0 Å². The Labute approximate surface area is 143 Å². The van der Waals surface area contributed by atoms with Crippen molar-refractivity contribution < 1.29 is 4.74 Å². The first-order valence-electron chi connectivity index (χ1n) is 8.95. The zero-order valence-electron chi connectivity index (χ0n) is 15.4. The summed E-state index contributed by atoms with van der Waals surface area (Å²) in [5.41, 5.74) is 0. The molecule has 0 aliphatic heterocycles. The van der Waals surface area contributed by atoms with Gasteiger partial charge in [0.25, 0.3) is 0 Å². The van der Waals surface area contributed by atoms with Gasteiger partial charge in [-0.25, -0.2) is 0 Å². The van der Waals surface area contributed by atoms with Crippen molar-refractivity contribution in [3.63, 3.8) is 0 Å². The molecule has 0 amide bonds. The minimum Gasteiger partial charge on any atom is -0.457 e. The number of unbranched alkanes of at least 4 members (excludes halogenated alkanes) is 4. The van der Waals surface area contributed by atoms with Gasteiger partial charge in [0.1, 0.15) is 11.5 Å². The van der Waals surface area contributed by atoms with Crippen LogP contribution in [0.2, 0.25) is 0 Å². The number of hydrogen-bond acceptors (Lipinski definition) is 1. The van der Waals surface area contributed by atoms with Crippen LogP contribution in [0, 0.1) is 0 Å². The first-order chi connectivity index (χ1) is 11.3. The van der Waals surface area contributed by atoms with E-state index in [2.05, 4.69) is 38.2 Å². The van der Waals surface area contributed by atoms with Crippen molar-refractivity contribution in [1.29, 1.82) is 0 Å². The molecule has 0 radical (unpaired) electrons. The fraction of sp³-hybridized carbons (Fsp3) is 0.455. The van der Waals surface area contributed by atoms with Gasteiger partial charge in [-0.15, -0.1) is 0 Å². The lowest BCUT2D eigenvalue weighted by Crippen LogP contribution is -1.88. The Morgan fingerprint density at radius 1 is 0.739 bits per heavy atom. The van der Waals surface area contributed by atoms with Gasteiger partial charge in [0.2, 0.25) is 0 Å². The van der Waals surface area contributed by atoms with E-state index >= 15 is 0 Å². The summed E-state index contributed by atoms with van der Waals surface area (Å²) in [7, 11) is 0. The van der Waals surface area contributed by atoms with E-state index < -0.39 is 0 Å². The summed E-state index contributed by atoms with van der Waals surface area (Å²) in [6.45, 7) is 8.42. The Hall–Kier alpha value is -1.76. The van der Waals surface area contributed by atoms with E-state index in [1.165, 1.54) is 25.7 Å². The maximum atomic E-state index is 5.99. The minimum atomic E-state index is 0.853. The molecule has 0 aromatic rings. The average molecular weight is 315 g/mol. The van der Waals surface area contributed by atoms with E-state index in [0.717, 1.165) is 24.4 Å².